The SMILES string of the molecule is CCCNC(=O)C(C)Nc1cc(N)nc(COC)n1. The summed E-state index contributed by atoms with van der Waals surface area (Å²) in [6.45, 7) is 4.70. The Hall–Kier alpha value is -1.89. The minimum absolute atomic E-state index is 0.0766. The molecule has 1 heterocycles. The average molecular weight is 267 g/mol. The number of rotatable bonds is 7. The predicted molar refractivity (Wildman–Crippen MR) is 73.5 cm³/mol. The molecule has 1 amide bonds. The van der Waals surface area contributed by atoms with Crippen LogP contribution in [0.25, 0.3) is 0 Å². The van der Waals surface area contributed by atoms with Crippen LogP contribution in [0.3, 0.4) is 0 Å². The molecule has 0 aliphatic rings. The number of anilines is 2. The van der Waals surface area contributed by atoms with Crippen LogP contribution in [-0.2, 0) is 16.1 Å². The van der Waals surface area contributed by atoms with Gasteiger partial charge < -0.3 is 21.1 Å². The number of nitrogen functional groups attached to an aromatic ring is 1. The summed E-state index contributed by atoms with van der Waals surface area (Å²) in [4.78, 5) is 20.0. The lowest BCUT2D eigenvalue weighted by Crippen LogP contribution is -2.38. The van der Waals surface area contributed by atoms with Crippen molar-refractivity contribution in [1.82, 2.24) is 15.3 Å². The average Bonchev–Trinajstić information content (AvgIpc) is 2.35. The van der Waals surface area contributed by atoms with Gasteiger partial charge in [-0.05, 0) is 13.3 Å². The van der Waals surface area contributed by atoms with Crippen molar-refractivity contribution in [1.29, 1.82) is 0 Å². The Labute approximate surface area is 113 Å². The van der Waals surface area contributed by atoms with Gasteiger partial charge in [0.15, 0.2) is 5.82 Å². The molecule has 0 saturated carbocycles. The van der Waals surface area contributed by atoms with Crippen molar-refractivity contribution in [2.24, 2.45) is 0 Å². The van der Waals surface area contributed by atoms with Crippen LogP contribution in [0.5, 0.6) is 0 Å². The van der Waals surface area contributed by atoms with Crippen molar-refractivity contribution in [3.05, 3.63) is 11.9 Å². The monoisotopic (exact) mass is 267 g/mol. The number of nitrogens with zero attached hydrogens (tertiary/aromatic N) is 2. The number of methoxy groups -OCH3 is 1. The lowest BCUT2D eigenvalue weighted by molar-refractivity contribution is -0.121. The molecule has 1 rings (SSSR count). The van der Waals surface area contributed by atoms with Crippen LogP contribution in [0.1, 0.15) is 26.1 Å². The molecule has 0 spiro atoms. The minimum Gasteiger partial charge on any atom is -0.384 e. The molecule has 0 bridgehead atoms. The smallest absolute Gasteiger partial charge is 0.242 e. The van der Waals surface area contributed by atoms with Crippen LogP contribution in [0.2, 0.25) is 0 Å². The summed E-state index contributed by atoms with van der Waals surface area (Å²) >= 11 is 0. The molecular formula is C12H21N5O2. The molecule has 4 N–H and O–H groups in total. The maximum absolute atomic E-state index is 11.7. The predicted octanol–water partition coefficient (Wildman–Crippen LogP) is 0.532. The van der Waals surface area contributed by atoms with E-state index in [-0.39, 0.29) is 12.5 Å². The number of aromatic nitrogens is 2. The molecule has 0 radical (unpaired) electrons. The van der Waals surface area contributed by atoms with E-state index >= 15 is 0 Å². The molecule has 0 aliphatic carbocycles. The third-order valence-corrected chi connectivity index (χ3v) is 2.37. The zero-order valence-corrected chi connectivity index (χ0v) is 11.6. The van der Waals surface area contributed by atoms with Gasteiger partial charge in [-0.1, -0.05) is 6.92 Å². The second kappa shape index (κ2) is 7.52. The zero-order chi connectivity index (χ0) is 14.3. The van der Waals surface area contributed by atoms with Crippen molar-refractivity contribution >= 4 is 17.5 Å². The Bertz CT molecular complexity index is 425. The quantitative estimate of drug-likeness (QED) is 0.666. The number of ether oxygens (including phenoxy) is 1. The number of nitrogens with two attached hydrogens (primary N) is 1. The fourth-order valence-corrected chi connectivity index (χ4v) is 1.47. The molecule has 1 unspecified atom stereocenters. The standard InChI is InChI=1S/C12H21N5O2/c1-4-5-14-12(18)8(2)15-10-6-9(13)16-11(17-10)7-19-3/h6,8H,4-5,7H2,1-3H3,(H,14,18)(H3,13,15,16,17). The van der Waals surface area contributed by atoms with Crippen molar-refractivity contribution in [2.75, 3.05) is 24.7 Å². The maximum atomic E-state index is 11.7. The first kappa shape index (κ1) is 15.2. The topological polar surface area (TPSA) is 102 Å². The third kappa shape index (κ3) is 5.09. The van der Waals surface area contributed by atoms with E-state index in [2.05, 4.69) is 20.6 Å². The van der Waals surface area contributed by atoms with E-state index in [0.717, 1.165) is 6.42 Å². The molecule has 7 heteroatoms. The van der Waals surface area contributed by atoms with E-state index in [4.69, 9.17) is 10.5 Å². The molecule has 106 valence electrons. The molecule has 0 aliphatic heterocycles. The summed E-state index contributed by atoms with van der Waals surface area (Å²) < 4.78 is 4.96. The van der Waals surface area contributed by atoms with E-state index in [1.165, 1.54) is 0 Å². The van der Waals surface area contributed by atoms with Gasteiger partial charge in [0, 0.05) is 19.7 Å². The number of hydrogen-bond donors (Lipinski definition) is 3. The van der Waals surface area contributed by atoms with Gasteiger partial charge in [-0.25, -0.2) is 9.97 Å². The van der Waals surface area contributed by atoms with E-state index in [1.807, 2.05) is 6.92 Å². The number of carbonyl (C=O) groups excluding carboxylic acids is 1. The molecule has 1 aromatic rings. The lowest BCUT2D eigenvalue weighted by atomic mass is 10.3. The van der Waals surface area contributed by atoms with Gasteiger partial charge in [-0.15, -0.1) is 0 Å². The molecule has 1 atom stereocenters. The Balaban J connectivity index is 2.67. The lowest BCUT2D eigenvalue weighted by Gasteiger charge is -2.15. The van der Waals surface area contributed by atoms with E-state index < -0.39 is 6.04 Å². The second-order valence-corrected chi connectivity index (χ2v) is 4.18. The molecule has 0 saturated heterocycles. The number of hydrogen-bond acceptors (Lipinski definition) is 6. The van der Waals surface area contributed by atoms with E-state index in [9.17, 15) is 4.79 Å². The van der Waals surface area contributed by atoms with Gasteiger partial charge in [0.05, 0.1) is 0 Å². The Morgan fingerprint density at radius 2 is 2.26 bits per heavy atom. The van der Waals surface area contributed by atoms with E-state index in [1.54, 1.807) is 20.1 Å². The van der Waals surface area contributed by atoms with Crippen molar-refractivity contribution in [3.8, 4) is 0 Å². The summed E-state index contributed by atoms with van der Waals surface area (Å²) in [5.41, 5.74) is 5.67. The van der Waals surface area contributed by atoms with Crippen LogP contribution in [-0.4, -0.2) is 35.6 Å². The summed E-state index contributed by atoms with van der Waals surface area (Å²) in [6, 6.07) is 1.19. The molecule has 0 aromatic carbocycles. The summed E-state index contributed by atoms with van der Waals surface area (Å²) in [6.07, 6.45) is 0.900. The summed E-state index contributed by atoms with van der Waals surface area (Å²) in [5, 5.41) is 5.80. The molecule has 0 fully saturated rings. The van der Waals surface area contributed by atoms with Crippen LogP contribution < -0.4 is 16.4 Å². The molecule has 1 aromatic heterocycles. The Kier molecular flexibility index (Phi) is 6.01. The first-order valence-corrected chi connectivity index (χ1v) is 6.23. The first-order chi connectivity index (χ1) is 9.06. The highest BCUT2D eigenvalue weighted by Crippen LogP contribution is 2.10. The van der Waals surface area contributed by atoms with Gasteiger partial charge in [0.25, 0.3) is 0 Å². The summed E-state index contributed by atoms with van der Waals surface area (Å²) in [5.74, 6) is 1.25. The van der Waals surface area contributed by atoms with Crippen LogP contribution >= 0.6 is 0 Å². The highest BCUT2D eigenvalue weighted by molar-refractivity contribution is 5.83. The highest BCUT2D eigenvalue weighted by Gasteiger charge is 2.13. The van der Waals surface area contributed by atoms with Gasteiger partial charge in [-0.2, -0.15) is 0 Å². The van der Waals surface area contributed by atoms with Gasteiger partial charge >= 0.3 is 0 Å². The van der Waals surface area contributed by atoms with Crippen molar-refractivity contribution in [2.45, 2.75) is 32.9 Å². The van der Waals surface area contributed by atoms with E-state index in [0.29, 0.717) is 24.0 Å². The normalized spacial score (nSPS) is 11.9. The number of nitrogens with one attached hydrogen (secondary N) is 2. The van der Waals surface area contributed by atoms with Crippen LogP contribution in [0, 0.1) is 0 Å². The Morgan fingerprint density at radius 1 is 1.53 bits per heavy atom. The first-order valence-electron chi connectivity index (χ1n) is 6.23. The summed E-state index contributed by atoms with van der Waals surface area (Å²) in [7, 11) is 1.56. The highest BCUT2D eigenvalue weighted by atomic mass is 16.5. The second-order valence-electron chi connectivity index (χ2n) is 4.18. The minimum atomic E-state index is -0.392. The number of carbonyl (C=O) groups is 1. The van der Waals surface area contributed by atoms with Crippen LogP contribution in [0.4, 0.5) is 11.6 Å². The largest absolute Gasteiger partial charge is 0.384 e. The van der Waals surface area contributed by atoms with Gasteiger partial charge in [0.1, 0.15) is 24.3 Å². The molecule has 7 nitrogen and oxygen atoms in total. The fourth-order valence-electron chi connectivity index (χ4n) is 1.47. The van der Waals surface area contributed by atoms with Crippen LogP contribution in [0.15, 0.2) is 6.07 Å². The fraction of sp³-hybridized carbons (Fsp3) is 0.583. The van der Waals surface area contributed by atoms with Gasteiger partial charge in [-0.3, -0.25) is 4.79 Å². The zero-order valence-electron chi connectivity index (χ0n) is 11.6. The maximum Gasteiger partial charge on any atom is 0.242 e. The van der Waals surface area contributed by atoms with Crippen molar-refractivity contribution in [3.63, 3.8) is 0 Å². The van der Waals surface area contributed by atoms with Gasteiger partial charge in [0.2, 0.25) is 5.91 Å². The Morgan fingerprint density at radius 3 is 2.89 bits per heavy atom. The number of amides is 1. The molecular weight excluding hydrogens is 246 g/mol. The van der Waals surface area contributed by atoms with Crippen molar-refractivity contribution < 1.29 is 9.53 Å². The third-order valence-electron chi connectivity index (χ3n) is 2.37. The molecule has 19 heavy (non-hydrogen) atoms.